The smallest absolute Gasteiger partial charge is 0.267 e. The van der Waals surface area contributed by atoms with Crippen LogP contribution in [0.4, 0.5) is 0 Å². The Kier molecular flexibility index (Phi) is 5.25. The average molecular weight is 365 g/mol. The molecule has 0 aliphatic carbocycles. The Labute approximate surface area is 155 Å². The van der Waals surface area contributed by atoms with E-state index in [1.165, 1.54) is 4.68 Å². The molecule has 0 radical (unpaired) electrons. The Morgan fingerprint density at radius 1 is 1.00 bits per heavy atom. The molecule has 1 aromatic carbocycles. The Balaban J connectivity index is 1.88. The van der Waals surface area contributed by atoms with Crippen molar-refractivity contribution in [1.82, 2.24) is 25.6 Å². The van der Waals surface area contributed by atoms with Gasteiger partial charge in [-0.2, -0.15) is 5.10 Å². The summed E-state index contributed by atoms with van der Waals surface area (Å²) in [6.07, 6.45) is 0.696. The molecule has 3 rings (SSSR count). The van der Waals surface area contributed by atoms with Crippen LogP contribution in [0.25, 0.3) is 10.8 Å². The topological polar surface area (TPSA) is 106 Å². The van der Waals surface area contributed by atoms with E-state index in [0.29, 0.717) is 29.4 Å². The lowest BCUT2D eigenvalue weighted by molar-refractivity contribution is 0.0841. The fourth-order valence-electron chi connectivity index (χ4n) is 2.67. The Morgan fingerprint density at radius 3 is 2.41 bits per heavy atom. The summed E-state index contributed by atoms with van der Waals surface area (Å²) in [7, 11) is 0. The lowest BCUT2D eigenvalue weighted by Gasteiger charge is -2.11. The minimum absolute atomic E-state index is 0.0659. The molecular formula is C19H19N5O3. The maximum Gasteiger partial charge on any atom is 0.290 e. The number of hydrogen-bond donors (Lipinski definition) is 2. The largest absolute Gasteiger partial charge is 0.290 e. The summed E-state index contributed by atoms with van der Waals surface area (Å²) in [4.78, 5) is 41.3. The van der Waals surface area contributed by atoms with Crippen LogP contribution in [0.2, 0.25) is 0 Å². The summed E-state index contributed by atoms with van der Waals surface area (Å²) in [5.41, 5.74) is 5.35. The van der Waals surface area contributed by atoms with Gasteiger partial charge in [-0.05, 0) is 31.5 Å². The van der Waals surface area contributed by atoms with E-state index in [2.05, 4.69) is 20.9 Å². The predicted molar refractivity (Wildman–Crippen MR) is 100 cm³/mol. The van der Waals surface area contributed by atoms with Crippen LogP contribution in [0.1, 0.15) is 40.0 Å². The zero-order valence-electron chi connectivity index (χ0n) is 15.0. The van der Waals surface area contributed by atoms with Crippen molar-refractivity contribution in [3.05, 3.63) is 69.9 Å². The maximum absolute atomic E-state index is 12.6. The number of hydrogen-bond acceptors (Lipinski definition) is 5. The van der Waals surface area contributed by atoms with Gasteiger partial charge in [-0.1, -0.05) is 31.2 Å². The quantitative estimate of drug-likeness (QED) is 0.683. The number of aryl methyl sites for hydroxylation is 2. The van der Waals surface area contributed by atoms with E-state index in [-0.39, 0.29) is 16.9 Å². The highest BCUT2D eigenvalue weighted by Crippen LogP contribution is 2.13. The van der Waals surface area contributed by atoms with E-state index >= 15 is 0 Å². The van der Waals surface area contributed by atoms with Crippen LogP contribution >= 0.6 is 0 Å². The number of aromatic nitrogens is 3. The van der Waals surface area contributed by atoms with Crippen LogP contribution in [0, 0.1) is 6.92 Å². The fraction of sp³-hybridized carbons (Fsp3) is 0.211. The van der Waals surface area contributed by atoms with Gasteiger partial charge < -0.3 is 0 Å². The molecule has 2 N–H and O–H groups in total. The molecule has 8 nitrogen and oxygen atoms in total. The number of nitrogens with zero attached hydrogens (tertiary/aromatic N) is 3. The first kappa shape index (κ1) is 18.2. The van der Waals surface area contributed by atoms with Crippen LogP contribution in [-0.2, 0) is 6.54 Å². The van der Waals surface area contributed by atoms with Crippen molar-refractivity contribution >= 4 is 22.6 Å². The van der Waals surface area contributed by atoms with E-state index in [0.717, 1.165) is 0 Å². The average Bonchev–Trinajstić information content (AvgIpc) is 2.68. The van der Waals surface area contributed by atoms with Gasteiger partial charge in [-0.3, -0.25) is 25.2 Å². The summed E-state index contributed by atoms with van der Waals surface area (Å²) in [5, 5.41) is 5.01. The van der Waals surface area contributed by atoms with Crippen LogP contribution in [-0.4, -0.2) is 26.6 Å². The van der Waals surface area contributed by atoms with Gasteiger partial charge in [0.05, 0.1) is 5.39 Å². The van der Waals surface area contributed by atoms with Gasteiger partial charge in [0, 0.05) is 17.6 Å². The van der Waals surface area contributed by atoms with Crippen molar-refractivity contribution in [3.63, 3.8) is 0 Å². The molecule has 27 heavy (non-hydrogen) atoms. The zero-order valence-corrected chi connectivity index (χ0v) is 15.0. The first-order valence-corrected chi connectivity index (χ1v) is 8.55. The second-order valence-corrected chi connectivity index (χ2v) is 5.99. The Morgan fingerprint density at radius 2 is 1.70 bits per heavy atom. The van der Waals surface area contributed by atoms with E-state index in [1.807, 2.05) is 6.92 Å². The number of nitrogens with one attached hydrogen (secondary N) is 2. The molecule has 138 valence electrons. The van der Waals surface area contributed by atoms with Crippen LogP contribution in [0.3, 0.4) is 0 Å². The molecule has 3 aromatic rings. The van der Waals surface area contributed by atoms with E-state index in [9.17, 15) is 14.4 Å². The number of pyridine rings is 1. The number of rotatable bonds is 4. The lowest BCUT2D eigenvalue weighted by atomic mass is 10.1. The van der Waals surface area contributed by atoms with Crippen LogP contribution < -0.4 is 16.4 Å². The highest BCUT2D eigenvalue weighted by molar-refractivity contribution is 6.05. The SMILES string of the molecule is CCCn1nc(C(=O)NNC(=O)c2cccc(C)n2)c2ccccc2c1=O. The van der Waals surface area contributed by atoms with Gasteiger partial charge in [0.2, 0.25) is 0 Å². The molecule has 0 aliphatic heterocycles. The minimum Gasteiger partial charge on any atom is -0.267 e. The first-order valence-electron chi connectivity index (χ1n) is 8.55. The maximum atomic E-state index is 12.6. The predicted octanol–water partition coefficient (Wildman–Crippen LogP) is 1.58. The van der Waals surface area contributed by atoms with Crippen molar-refractivity contribution in [2.45, 2.75) is 26.8 Å². The Bertz CT molecular complexity index is 1070. The molecule has 2 aromatic heterocycles. The lowest BCUT2D eigenvalue weighted by Crippen LogP contribution is -2.43. The molecule has 2 heterocycles. The summed E-state index contributed by atoms with van der Waals surface area (Å²) in [6, 6.07) is 11.8. The second-order valence-electron chi connectivity index (χ2n) is 5.99. The summed E-state index contributed by atoms with van der Waals surface area (Å²) in [6.45, 7) is 4.07. The first-order chi connectivity index (χ1) is 13.0. The highest BCUT2D eigenvalue weighted by atomic mass is 16.2. The number of carbonyl (C=O) groups is 2. The van der Waals surface area contributed by atoms with Crippen molar-refractivity contribution < 1.29 is 9.59 Å². The number of carbonyl (C=O) groups excluding carboxylic acids is 2. The number of benzene rings is 1. The van der Waals surface area contributed by atoms with Crippen molar-refractivity contribution in [1.29, 1.82) is 0 Å². The molecule has 0 aliphatic rings. The third-order valence-electron chi connectivity index (χ3n) is 3.93. The van der Waals surface area contributed by atoms with Gasteiger partial charge in [0.15, 0.2) is 5.69 Å². The summed E-state index contributed by atoms with van der Waals surface area (Å²) in [5.74, 6) is -1.16. The molecule has 0 unspecified atom stereocenters. The number of fused-ring (bicyclic) bond motifs is 1. The van der Waals surface area contributed by atoms with E-state index in [1.54, 1.807) is 49.4 Å². The van der Waals surface area contributed by atoms with Gasteiger partial charge in [0.1, 0.15) is 5.69 Å². The third kappa shape index (κ3) is 3.84. The molecule has 2 amide bonds. The van der Waals surface area contributed by atoms with Crippen molar-refractivity contribution in [2.75, 3.05) is 0 Å². The molecule has 8 heteroatoms. The second kappa shape index (κ2) is 7.77. The highest BCUT2D eigenvalue weighted by Gasteiger charge is 2.17. The molecule has 0 spiro atoms. The zero-order chi connectivity index (χ0) is 19.4. The van der Waals surface area contributed by atoms with Crippen molar-refractivity contribution in [3.8, 4) is 0 Å². The van der Waals surface area contributed by atoms with Gasteiger partial charge in [-0.25, -0.2) is 9.67 Å². The molecule has 0 saturated carbocycles. The summed E-state index contributed by atoms with van der Waals surface area (Å²) < 4.78 is 1.27. The minimum atomic E-state index is -0.614. The Hall–Kier alpha value is -3.55. The van der Waals surface area contributed by atoms with Gasteiger partial charge >= 0.3 is 0 Å². The number of amides is 2. The molecule has 0 saturated heterocycles. The van der Waals surface area contributed by atoms with E-state index < -0.39 is 11.8 Å². The molecule has 0 atom stereocenters. The summed E-state index contributed by atoms with van der Waals surface area (Å²) >= 11 is 0. The molecule has 0 bridgehead atoms. The van der Waals surface area contributed by atoms with Crippen LogP contribution in [0.15, 0.2) is 47.3 Å². The van der Waals surface area contributed by atoms with Crippen molar-refractivity contribution in [2.24, 2.45) is 0 Å². The third-order valence-corrected chi connectivity index (χ3v) is 3.93. The van der Waals surface area contributed by atoms with Gasteiger partial charge in [0.25, 0.3) is 17.4 Å². The molecular weight excluding hydrogens is 346 g/mol. The normalized spacial score (nSPS) is 10.6. The van der Waals surface area contributed by atoms with E-state index in [4.69, 9.17) is 0 Å². The number of hydrazine groups is 1. The van der Waals surface area contributed by atoms with Gasteiger partial charge in [-0.15, -0.1) is 0 Å². The molecule has 0 fully saturated rings. The fourth-order valence-corrected chi connectivity index (χ4v) is 2.67. The van der Waals surface area contributed by atoms with Crippen LogP contribution in [0.5, 0.6) is 0 Å². The monoisotopic (exact) mass is 365 g/mol. The standard InChI is InChI=1S/C19H19N5O3/c1-3-11-24-19(27)14-9-5-4-8-13(14)16(23-24)18(26)22-21-17(25)15-10-6-7-12(2)20-15/h4-10H,3,11H2,1-2H3,(H,21,25)(H,22,26).